The number of phenols is 1. The standard InChI is InChI=1S/C24H21Br2N3O4/c25-15-13-17(23(31)18(26)14-15)21(33-24(32)28-16-7-2-1-3-8-16)11-6-12-22(30)29-20-10-5-4-9-19(20)27/h1-10,12-14,21,31H,11,27H2,(H,28,32)(H,29,30)/b12-6+/t21-/m0/s1. The van der Waals surface area contributed by atoms with Crippen LogP contribution in [0.1, 0.15) is 18.1 Å². The van der Waals surface area contributed by atoms with Crippen molar-refractivity contribution in [2.24, 2.45) is 0 Å². The van der Waals surface area contributed by atoms with Crippen molar-refractivity contribution in [3.63, 3.8) is 0 Å². The van der Waals surface area contributed by atoms with Crippen molar-refractivity contribution in [1.82, 2.24) is 0 Å². The van der Waals surface area contributed by atoms with Crippen LogP contribution in [0, 0.1) is 0 Å². The van der Waals surface area contributed by atoms with E-state index in [4.69, 9.17) is 10.5 Å². The molecule has 0 aliphatic heterocycles. The Morgan fingerprint density at radius 3 is 2.45 bits per heavy atom. The third kappa shape index (κ3) is 7.10. The number of halogens is 2. The van der Waals surface area contributed by atoms with Crippen LogP contribution in [-0.4, -0.2) is 17.1 Å². The van der Waals surface area contributed by atoms with Crippen LogP contribution in [0.2, 0.25) is 0 Å². The molecule has 0 radical (unpaired) electrons. The second kappa shape index (κ2) is 11.5. The summed E-state index contributed by atoms with van der Waals surface area (Å²) in [6, 6.07) is 19.1. The lowest BCUT2D eigenvalue weighted by atomic mass is 10.0. The van der Waals surface area contributed by atoms with Gasteiger partial charge in [-0.2, -0.15) is 0 Å². The molecule has 0 heterocycles. The second-order valence-corrected chi connectivity index (χ2v) is 8.70. The van der Waals surface area contributed by atoms with Gasteiger partial charge in [0.05, 0.1) is 15.8 Å². The summed E-state index contributed by atoms with van der Waals surface area (Å²) in [5.74, 6) is -0.453. The molecule has 0 aliphatic carbocycles. The van der Waals surface area contributed by atoms with E-state index in [2.05, 4.69) is 42.5 Å². The number of amides is 2. The van der Waals surface area contributed by atoms with Crippen LogP contribution in [-0.2, 0) is 9.53 Å². The molecule has 0 unspecified atom stereocenters. The van der Waals surface area contributed by atoms with Crippen molar-refractivity contribution in [2.45, 2.75) is 12.5 Å². The van der Waals surface area contributed by atoms with E-state index >= 15 is 0 Å². The average Bonchev–Trinajstić information content (AvgIpc) is 2.78. The van der Waals surface area contributed by atoms with Crippen LogP contribution in [0.15, 0.2) is 87.8 Å². The Kier molecular flexibility index (Phi) is 8.51. The van der Waals surface area contributed by atoms with Crippen molar-refractivity contribution in [2.75, 3.05) is 16.4 Å². The number of carbonyl (C=O) groups is 2. The quantitative estimate of drug-likeness (QED) is 0.193. The number of carbonyl (C=O) groups excluding carboxylic acids is 2. The largest absolute Gasteiger partial charge is 0.506 e. The SMILES string of the molecule is Nc1ccccc1NC(=O)/C=C/C[C@H](OC(=O)Nc1ccccc1)c1cc(Br)cc(Br)c1O. The molecular weight excluding hydrogens is 554 g/mol. The molecule has 7 nitrogen and oxygen atoms in total. The van der Waals surface area contributed by atoms with Crippen molar-refractivity contribution in [3.05, 3.63) is 93.4 Å². The first-order chi connectivity index (χ1) is 15.8. The summed E-state index contributed by atoms with van der Waals surface area (Å²) in [4.78, 5) is 24.8. The summed E-state index contributed by atoms with van der Waals surface area (Å²) in [5, 5.41) is 15.9. The third-order valence-corrected chi connectivity index (χ3v) is 5.57. The number of hydrogen-bond donors (Lipinski definition) is 4. The maximum Gasteiger partial charge on any atom is 0.412 e. The van der Waals surface area contributed by atoms with Gasteiger partial charge >= 0.3 is 6.09 Å². The zero-order valence-corrected chi connectivity index (χ0v) is 20.5. The fraction of sp³-hybridized carbons (Fsp3) is 0.0833. The molecule has 5 N–H and O–H groups in total. The van der Waals surface area contributed by atoms with Gasteiger partial charge in [-0.15, -0.1) is 0 Å². The van der Waals surface area contributed by atoms with E-state index in [9.17, 15) is 14.7 Å². The van der Waals surface area contributed by atoms with E-state index in [0.29, 0.717) is 31.6 Å². The van der Waals surface area contributed by atoms with E-state index in [1.54, 1.807) is 66.7 Å². The first-order valence-electron chi connectivity index (χ1n) is 9.86. The maximum atomic E-state index is 12.5. The highest BCUT2D eigenvalue weighted by molar-refractivity contribution is 9.11. The van der Waals surface area contributed by atoms with Gasteiger partial charge < -0.3 is 20.9 Å². The number of ether oxygens (including phenoxy) is 1. The predicted octanol–water partition coefficient (Wildman–Crippen LogP) is 6.37. The van der Waals surface area contributed by atoms with Gasteiger partial charge in [-0.05, 0) is 58.4 Å². The van der Waals surface area contributed by atoms with E-state index < -0.39 is 12.2 Å². The molecule has 0 aliphatic rings. The molecule has 0 saturated heterocycles. The minimum atomic E-state index is -0.867. The van der Waals surface area contributed by atoms with Gasteiger partial charge in [0.15, 0.2) is 0 Å². The van der Waals surface area contributed by atoms with E-state index in [1.165, 1.54) is 6.08 Å². The van der Waals surface area contributed by atoms with Crippen molar-refractivity contribution in [3.8, 4) is 5.75 Å². The molecule has 2 amide bonds. The third-order valence-electron chi connectivity index (χ3n) is 4.51. The Hall–Kier alpha value is -3.30. The minimum absolute atomic E-state index is 0.0642. The highest BCUT2D eigenvalue weighted by Gasteiger charge is 2.21. The number of benzene rings is 3. The highest BCUT2D eigenvalue weighted by atomic mass is 79.9. The van der Waals surface area contributed by atoms with E-state index in [0.717, 1.165) is 0 Å². The summed E-state index contributed by atoms with van der Waals surface area (Å²) in [5.41, 5.74) is 7.73. The van der Waals surface area contributed by atoms with Crippen molar-refractivity contribution in [1.29, 1.82) is 0 Å². The minimum Gasteiger partial charge on any atom is -0.506 e. The molecule has 3 rings (SSSR count). The normalized spacial score (nSPS) is 11.7. The van der Waals surface area contributed by atoms with Crippen molar-refractivity contribution < 1.29 is 19.4 Å². The molecule has 0 spiro atoms. The van der Waals surface area contributed by atoms with Gasteiger partial charge in [0.25, 0.3) is 0 Å². The van der Waals surface area contributed by atoms with Gasteiger partial charge in [0.1, 0.15) is 11.9 Å². The summed E-state index contributed by atoms with van der Waals surface area (Å²) in [6.45, 7) is 0. The summed E-state index contributed by atoms with van der Waals surface area (Å²) >= 11 is 6.67. The van der Waals surface area contributed by atoms with Crippen LogP contribution in [0.25, 0.3) is 0 Å². The molecule has 9 heteroatoms. The number of rotatable bonds is 7. The first kappa shape index (κ1) is 24.3. The smallest absolute Gasteiger partial charge is 0.412 e. The topological polar surface area (TPSA) is 114 Å². The Labute approximate surface area is 207 Å². The fourth-order valence-electron chi connectivity index (χ4n) is 2.95. The van der Waals surface area contributed by atoms with Crippen LogP contribution in [0.5, 0.6) is 5.75 Å². The first-order valence-corrected chi connectivity index (χ1v) is 11.4. The molecular formula is C24H21Br2N3O4. The zero-order valence-electron chi connectivity index (χ0n) is 17.3. The zero-order chi connectivity index (χ0) is 23.8. The van der Waals surface area contributed by atoms with Gasteiger partial charge in [-0.1, -0.05) is 52.3 Å². The summed E-state index contributed by atoms with van der Waals surface area (Å²) in [7, 11) is 0. The monoisotopic (exact) mass is 573 g/mol. The van der Waals surface area contributed by atoms with Gasteiger partial charge in [-0.25, -0.2) is 4.79 Å². The fourth-order valence-corrected chi connectivity index (χ4v) is 4.21. The van der Waals surface area contributed by atoms with E-state index in [1.807, 2.05) is 6.07 Å². The lowest BCUT2D eigenvalue weighted by Crippen LogP contribution is -2.17. The summed E-state index contributed by atoms with van der Waals surface area (Å²) in [6.07, 6.45) is 1.45. The predicted molar refractivity (Wildman–Crippen MR) is 136 cm³/mol. The van der Waals surface area contributed by atoms with E-state index in [-0.39, 0.29) is 18.1 Å². The molecule has 3 aromatic rings. The Bertz CT molecular complexity index is 1170. The highest BCUT2D eigenvalue weighted by Crippen LogP contribution is 2.38. The number of nitrogens with one attached hydrogen (secondary N) is 2. The molecule has 0 aromatic heterocycles. The lowest BCUT2D eigenvalue weighted by molar-refractivity contribution is -0.111. The van der Waals surface area contributed by atoms with Crippen LogP contribution >= 0.6 is 31.9 Å². The van der Waals surface area contributed by atoms with Crippen LogP contribution in [0.3, 0.4) is 0 Å². The average molecular weight is 575 g/mol. The molecule has 0 bridgehead atoms. The second-order valence-electron chi connectivity index (χ2n) is 6.92. The molecule has 3 aromatic carbocycles. The lowest BCUT2D eigenvalue weighted by Gasteiger charge is -2.19. The Morgan fingerprint density at radius 2 is 1.73 bits per heavy atom. The van der Waals surface area contributed by atoms with Crippen molar-refractivity contribution >= 4 is 60.9 Å². The summed E-state index contributed by atoms with van der Waals surface area (Å²) < 4.78 is 6.71. The number of anilines is 3. The number of nitrogen functional groups attached to an aromatic ring is 1. The van der Waals surface area contributed by atoms with Gasteiger partial charge in [0, 0.05) is 22.1 Å². The number of hydrogen-bond acceptors (Lipinski definition) is 5. The molecule has 0 fully saturated rings. The van der Waals surface area contributed by atoms with Crippen LogP contribution < -0.4 is 16.4 Å². The number of nitrogens with two attached hydrogens (primary N) is 1. The number of aromatic hydroxyl groups is 1. The van der Waals surface area contributed by atoms with Gasteiger partial charge in [0.2, 0.25) is 5.91 Å². The van der Waals surface area contributed by atoms with Gasteiger partial charge in [-0.3, -0.25) is 10.1 Å². The Balaban J connectivity index is 1.75. The van der Waals surface area contributed by atoms with Crippen LogP contribution in [0.4, 0.5) is 21.9 Å². The Morgan fingerprint density at radius 1 is 1.03 bits per heavy atom. The number of phenolic OH excluding ortho intramolecular Hbond substituents is 1. The molecule has 0 saturated carbocycles. The molecule has 33 heavy (non-hydrogen) atoms. The number of para-hydroxylation sites is 3. The molecule has 1 atom stereocenters. The maximum absolute atomic E-state index is 12.5. The molecule has 170 valence electrons.